The third kappa shape index (κ3) is 9.54. The van der Waals surface area contributed by atoms with Crippen LogP contribution in [0.25, 0.3) is 22.3 Å². The highest BCUT2D eigenvalue weighted by molar-refractivity contribution is 5.72. The largest absolute Gasteiger partial charge is 0.494 e. The van der Waals surface area contributed by atoms with Crippen molar-refractivity contribution in [1.82, 2.24) is 0 Å². The van der Waals surface area contributed by atoms with E-state index in [0.29, 0.717) is 16.9 Å². The summed E-state index contributed by atoms with van der Waals surface area (Å²) in [7, 11) is 0. The van der Waals surface area contributed by atoms with Gasteiger partial charge in [0.05, 0.1) is 19.3 Å². The first-order chi connectivity index (χ1) is 21.2. The maximum Gasteiger partial charge on any atom is 0.459 e. The third-order valence-electron chi connectivity index (χ3n) is 7.01. The number of hydrogen-bond donors (Lipinski definition) is 0. The molecule has 0 heterocycles. The van der Waals surface area contributed by atoms with Crippen molar-refractivity contribution in [2.24, 2.45) is 0 Å². The highest BCUT2D eigenvalue weighted by Crippen LogP contribution is 2.46. The van der Waals surface area contributed by atoms with E-state index in [-0.39, 0.29) is 36.0 Å². The molecule has 0 saturated carbocycles. The molecule has 248 valence electrons. The van der Waals surface area contributed by atoms with Gasteiger partial charge in [-0.2, -0.15) is 30.7 Å². The Hall–Kier alpha value is -3.41. The Bertz CT molecular complexity index is 1340. The van der Waals surface area contributed by atoms with Crippen LogP contribution in [0.15, 0.2) is 60.7 Å². The normalized spacial score (nSPS) is 13.1. The number of hydrogen-bond acceptors (Lipinski definition) is 3. The first-order valence-corrected chi connectivity index (χ1v) is 14.6. The number of unbranched alkanes of at least 4 members (excludes halogenated alkanes) is 3. The molecule has 0 saturated heterocycles. The van der Waals surface area contributed by atoms with Gasteiger partial charge in [0.15, 0.2) is 11.6 Å². The van der Waals surface area contributed by atoms with E-state index in [1.165, 1.54) is 42.8 Å². The molecule has 0 aliphatic carbocycles. The number of ether oxygens (including phenoxy) is 3. The van der Waals surface area contributed by atoms with Gasteiger partial charge < -0.3 is 14.2 Å². The first kappa shape index (κ1) is 36.1. The average molecular weight is 651 g/mol. The minimum Gasteiger partial charge on any atom is -0.494 e. The quantitative estimate of drug-likeness (QED) is 0.108. The smallest absolute Gasteiger partial charge is 0.459 e. The lowest BCUT2D eigenvalue weighted by molar-refractivity contribution is -0.361. The second-order valence-electron chi connectivity index (χ2n) is 10.6. The van der Waals surface area contributed by atoms with E-state index < -0.39 is 42.9 Å². The number of benzene rings is 3. The molecule has 0 spiro atoms. The summed E-state index contributed by atoms with van der Waals surface area (Å²) in [6.07, 6.45) is -0.974. The minimum absolute atomic E-state index is 0.00429. The molecule has 45 heavy (non-hydrogen) atoms. The molecule has 0 aliphatic heterocycles. The Morgan fingerprint density at radius 1 is 0.644 bits per heavy atom. The fourth-order valence-corrected chi connectivity index (χ4v) is 4.44. The fraction of sp³-hybridized carbons (Fsp3) is 0.455. The standard InChI is InChI=1S/C33H35F9O3/c1-3-4-5-6-8-22(2)45-26-15-11-24(12-16-26)28-18-17-27(29(34)30(28)35)23-9-13-25(14-10-23)44-20-7-19-43-21-31(36,37)32(38,39)33(40,41)42/h9-18,22H,3-8,19-21H2,1-2H3/t22-/m0/s1. The van der Waals surface area contributed by atoms with Crippen LogP contribution in [0.5, 0.6) is 11.5 Å². The number of rotatable bonds is 17. The summed E-state index contributed by atoms with van der Waals surface area (Å²) in [4.78, 5) is 0. The maximum atomic E-state index is 15.1. The van der Waals surface area contributed by atoms with Crippen molar-refractivity contribution in [3.63, 3.8) is 0 Å². The molecule has 3 rings (SSSR count). The molecule has 0 fully saturated rings. The summed E-state index contributed by atoms with van der Waals surface area (Å²) in [5.41, 5.74) is 0.909. The van der Waals surface area contributed by atoms with Crippen LogP contribution in [-0.2, 0) is 4.74 Å². The Kier molecular flexibility index (Phi) is 12.6. The van der Waals surface area contributed by atoms with Crippen molar-refractivity contribution in [2.45, 2.75) is 76.5 Å². The molecular formula is C33H35F9O3. The van der Waals surface area contributed by atoms with Crippen LogP contribution in [0.1, 0.15) is 52.4 Å². The fourth-order valence-electron chi connectivity index (χ4n) is 4.44. The minimum atomic E-state index is -6.42. The molecule has 3 nitrogen and oxygen atoms in total. The first-order valence-electron chi connectivity index (χ1n) is 14.6. The van der Waals surface area contributed by atoms with Gasteiger partial charge in [-0.25, -0.2) is 8.78 Å². The van der Waals surface area contributed by atoms with E-state index >= 15 is 8.78 Å². The molecular weight excluding hydrogens is 615 g/mol. The summed E-state index contributed by atoms with van der Waals surface area (Å²) < 4.78 is 134. The molecule has 0 amide bonds. The lowest BCUT2D eigenvalue weighted by atomic mass is 9.98. The SMILES string of the molecule is CCCCCC[C@H](C)Oc1ccc(-c2ccc(-c3ccc(OCCCOCC(F)(F)C(F)(F)C(F)(F)F)cc3)c(F)c2F)cc1. The summed E-state index contributed by atoms with van der Waals surface area (Å²) in [5.74, 6) is -12.8. The summed E-state index contributed by atoms with van der Waals surface area (Å²) in [6.45, 7) is 1.33. The molecule has 12 heteroatoms. The van der Waals surface area contributed by atoms with Gasteiger partial charge in [0.2, 0.25) is 0 Å². The number of alkyl halides is 7. The van der Waals surface area contributed by atoms with E-state index in [9.17, 15) is 30.7 Å². The van der Waals surface area contributed by atoms with Gasteiger partial charge in [-0.05, 0) is 55.2 Å². The Balaban J connectivity index is 1.52. The van der Waals surface area contributed by atoms with Crippen LogP contribution < -0.4 is 9.47 Å². The monoisotopic (exact) mass is 650 g/mol. The van der Waals surface area contributed by atoms with Gasteiger partial charge in [-0.15, -0.1) is 0 Å². The molecule has 1 atom stereocenters. The summed E-state index contributed by atoms with van der Waals surface area (Å²) >= 11 is 0. The van der Waals surface area contributed by atoms with Gasteiger partial charge >= 0.3 is 18.0 Å². The van der Waals surface area contributed by atoms with Crippen LogP contribution in [0, 0.1) is 11.6 Å². The zero-order valence-electron chi connectivity index (χ0n) is 24.8. The molecule has 0 unspecified atom stereocenters. The number of halogens is 9. The molecule has 0 bridgehead atoms. The van der Waals surface area contributed by atoms with Gasteiger partial charge in [0, 0.05) is 17.5 Å². The second kappa shape index (κ2) is 15.7. The van der Waals surface area contributed by atoms with Crippen LogP contribution in [-0.4, -0.2) is 43.9 Å². The molecule has 3 aromatic carbocycles. The summed E-state index contributed by atoms with van der Waals surface area (Å²) in [5, 5.41) is 0. The highest BCUT2D eigenvalue weighted by atomic mass is 19.4. The lowest BCUT2D eigenvalue weighted by Crippen LogP contribution is -2.54. The molecule has 3 aromatic rings. The Labute approximate surface area is 256 Å². The van der Waals surface area contributed by atoms with Crippen molar-refractivity contribution in [2.75, 3.05) is 19.8 Å². The van der Waals surface area contributed by atoms with Crippen LogP contribution in [0.2, 0.25) is 0 Å². The van der Waals surface area contributed by atoms with Crippen molar-refractivity contribution in [1.29, 1.82) is 0 Å². The molecule has 0 N–H and O–H groups in total. The van der Waals surface area contributed by atoms with E-state index in [0.717, 1.165) is 25.7 Å². The third-order valence-corrected chi connectivity index (χ3v) is 7.01. The van der Waals surface area contributed by atoms with Gasteiger partial charge in [0.25, 0.3) is 0 Å². The second-order valence-corrected chi connectivity index (χ2v) is 10.6. The molecule has 0 aliphatic rings. The zero-order valence-corrected chi connectivity index (χ0v) is 24.8. The van der Waals surface area contributed by atoms with Crippen molar-refractivity contribution >= 4 is 0 Å². The molecule has 0 radical (unpaired) electrons. The van der Waals surface area contributed by atoms with E-state index in [1.54, 1.807) is 24.3 Å². The van der Waals surface area contributed by atoms with Crippen LogP contribution >= 0.6 is 0 Å². The van der Waals surface area contributed by atoms with Gasteiger partial charge in [-0.3, -0.25) is 0 Å². The average Bonchev–Trinajstić information content (AvgIpc) is 2.99. The van der Waals surface area contributed by atoms with E-state index in [4.69, 9.17) is 9.47 Å². The highest BCUT2D eigenvalue weighted by Gasteiger charge is 2.72. The Morgan fingerprint density at radius 3 is 1.69 bits per heavy atom. The summed E-state index contributed by atoms with van der Waals surface area (Å²) in [6, 6.07) is 15.5. The van der Waals surface area contributed by atoms with Crippen LogP contribution in [0.4, 0.5) is 39.5 Å². The van der Waals surface area contributed by atoms with E-state index in [1.807, 2.05) is 6.92 Å². The maximum absolute atomic E-state index is 15.1. The van der Waals surface area contributed by atoms with Crippen molar-refractivity contribution in [3.8, 4) is 33.8 Å². The predicted octanol–water partition coefficient (Wildman–Crippen LogP) is 10.7. The Morgan fingerprint density at radius 2 is 1.18 bits per heavy atom. The molecule has 0 aromatic heterocycles. The lowest BCUT2D eigenvalue weighted by Gasteiger charge is -2.27. The van der Waals surface area contributed by atoms with Gasteiger partial charge in [0.1, 0.15) is 18.1 Å². The van der Waals surface area contributed by atoms with Gasteiger partial charge in [-0.1, -0.05) is 62.6 Å². The van der Waals surface area contributed by atoms with E-state index in [2.05, 4.69) is 11.7 Å². The predicted molar refractivity (Wildman–Crippen MR) is 153 cm³/mol. The van der Waals surface area contributed by atoms with Crippen molar-refractivity contribution < 1.29 is 53.7 Å². The zero-order chi connectivity index (χ0) is 33.3. The topological polar surface area (TPSA) is 27.7 Å². The van der Waals surface area contributed by atoms with Crippen molar-refractivity contribution in [3.05, 3.63) is 72.3 Å². The van der Waals surface area contributed by atoms with Crippen LogP contribution in [0.3, 0.4) is 0 Å².